The van der Waals surface area contributed by atoms with E-state index < -0.39 is 132 Å². The van der Waals surface area contributed by atoms with E-state index in [0.717, 1.165) is 21.9 Å². The molecule has 374 valence electrons. The Kier molecular flexibility index (Phi) is 17.7. The minimum Gasteiger partial charge on any atom is -0.504 e. The maximum Gasteiger partial charge on any atom is 0.329 e. The van der Waals surface area contributed by atoms with Crippen LogP contribution in [0.1, 0.15) is 78.4 Å². The van der Waals surface area contributed by atoms with Gasteiger partial charge >= 0.3 is 12.0 Å². The van der Waals surface area contributed by atoms with Gasteiger partial charge in [0.25, 0.3) is 11.8 Å². The molecule has 0 aliphatic carbocycles. The van der Waals surface area contributed by atoms with Crippen molar-refractivity contribution in [1.82, 2.24) is 41.7 Å². The number of esters is 1. The molecule has 8 atom stereocenters. The summed E-state index contributed by atoms with van der Waals surface area (Å²) >= 11 is 0. The summed E-state index contributed by atoms with van der Waals surface area (Å²) < 4.78 is 5.84. The van der Waals surface area contributed by atoms with Gasteiger partial charge in [-0.15, -0.1) is 0 Å². The Balaban J connectivity index is 1.74. The van der Waals surface area contributed by atoms with Crippen LogP contribution in [0, 0.1) is 11.8 Å². The summed E-state index contributed by atoms with van der Waals surface area (Å²) in [5.74, 6) is -9.86. The van der Waals surface area contributed by atoms with Gasteiger partial charge in [0.2, 0.25) is 29.5 Å². The molecule has 9 amide bonds. The van der Waals surface area contributed by atoms with Gasteiger partial charge < -0.3 is 67.1 Å². The van der Waals surface area contributed by atoms with Crippen LogP contribution < -0.4 is 37.2 Å². The minimum atomic E-state index is -1.76. The number of aliphatic hydroxyl groups excluding tert-OH is 1. The van der Waals surface area contributed by atoms with Crippen LogP contribution in [-0.4, -0.2) is 141 Å². The van der Waals surface area contributed by atoms with E-state index in [-0.39, 0.29) is 55.6 Å². The maximum atomic E-state index is 15.2. The molecule has 0 spiro atoms. The van der Waals surface area contributed by atoms with Gasteiger partial charge in [0.05, 0.1) is 0 Å². The van der Waals surface area contributed by atoms with Gasteiger partial charge in [-0.05, 0) is 62.6 Å². The van der Waals surface area contributed by atoms with Gasteiger partial charge in [-0.3, -0.25) is 33.6 Å². The van der Waals surface area contributed by atoms with E-state index in [1.54, 1.807) is 58.0 Å². The number of hydrogen-bond acceptors (Lipinski definition) is 13. The van der Waals surface area contributed by atoms with Crippen molar-refractivity contribution in [2.45, 2.75) is 129 Å². The largest absolute Gasteiger partial charge is 0.504 e. The number of carbonyl (C=O) groups excluding carboxylic acids is 9. The molecule has 0 saturated carbocycles. The number of rotatable bonds is 5. The quantitative estimate of drug-likeness (QED) is 0.0828. The first kappa shape index (κ1) is 52.7. The molecule has 5 rings (SSSR count). The second kappa shape index (κ2) is 23.2. The molecule has 2 fully saturated rings. The Morgan fingerprint density at radius 2 is 1.55 bits per heavy atom. The molecule has 4 bridgehead atoms. The molecule has 3 aliphatic rings. The second-order valence-corrected chi connectivity index (χ2v) is 18.0. The first-order chi connectivity index (χ1) is 32.6. The number of nitrogens with zero attached hydrogens (tertiary/aromatic N) is 2. The van der Waals surface area contributed by atoms with E-state index in [1.807, 2.05) is 0 Å². The number of hydrogen-bond donors (Lipinski definition) is 10. The lowest BCUT2D eigenvalue weighted by Gasteiger charge is -2.43. The first-order valence-electron chi connectivity index (χ1n) is 22.9. The summed E-state index contributed by atoms with van der Waals surface area (Å²) in [4.78, 5) is 130. The summed E-state index contributed by atoms with van der Waals surface area (Å²) in [5.41, 5.74) is 0.0729. The SMILES string of the molecule is C/C=C1\NC(=O)[C@H]2NC(=O)[C@@H](NC(=O)C(C)C)CCCNC(=O)Nc3cc(O)c(O)cc3C[C@@H](C(=O)N[C@@H](C(C)C)C(=O)O[C@@H]2C)N(C)C(=O)[C@@H](Cc2ccccc2)N2C(=O)[C@H](CC[C@H]2O)NC1=O. The van der Waals surface area contributed by atoms with E-state index in [0.29, 0.717) is 5.56 Å². The van der Waals surface area contributed by atoms with Gasteiger partial charge in [-0.25, -0.2) is 9.59 Å². The van der Waals surface area contributed by atoms with Gasteiger partial charge in [0.1, 0.15) is 54.3 Å². The highest BCUT2D eigenvalue weighted by molar-refractivity contribution is 6.03. The standard InChI is InChI=1S/C47H63N9O13/c1-8-28-40(61)51-30-16-17-36(59)56(44(30)65)33(19-26-13-10-9-11-14-26)45(66)55(7)32-20-27-21-34(57)35(58)22-31(27)52-47(68)48-18-12-15-29(50-39(60)24(4)5)41(62)54-38(43(64)49-28)25(6)69-46(67)37(23(2)3)53-42(32)63/h8-11,13-14,21-25,29-30,32-33,36-38,57-59H,12,15-20H2,1-7H3,(H,49,64)(H,50,60)(H,51,61)(H,53,63)(H,54,62)(H2,48,52,68)/b28-8-/t25-,29+,30+,32+,33-,36-,37+,38+/m1/s1. The highest BCUT2D eigenvalue weighted by atomic mass is 16.5. The van der Waals surface area contributed by atoms with E-state index in [4.69, 9.17) is 4.74 Å². The van der Waals surface area contributed by atoms with Crippen LogP contribution in [0.15, 0.2) is 54.2 Å². The predicted molar refractivity (Wildman–Crippen MR) is 247 cm³/mol. The number of phenols is 2. The maximum absolute atomic E-state index is 15.2. The number of nitrogens with one attached hydrogen (secondary N) is 7. The lowest BCUT2D eigenvalue weighted by molar-refractivity contribution is -0.165. The van der Waals surface area contributed by atoms with Gasteiger partial charge in [-0.1, -0.05) is 64.1 Å². The summed E-state index contributed by atoms with van der Waals surface area (Å²) in [6.07, 6.45) is -2.80. The number of piperidine rings is 1. The van der Waals surface area contributed by atoms with E-state index >= 15 is 4.79 Å². The number of aromatic hydroxyl groups is 2. The van der Waals surface area contributed by atoms with E-state index in [1.165, 1.54) is 27.0 Å². The van der Waals surface area contributed by atoms with Crippen LogP contribution in [0.5, 0.6) is 11.5 Å². The third-order valence-corrected chi connectivity index (χ3v) is 12.2. The molecule has 2 aromatic carbocycles. The summed E-state index contributed by atoms with van der Waals surface area (Å²) in [5, 5.41) is 51.0. The van der Waals surface area contributed by atoms with Crippen LogP contribution in [0.2, 0.25) is 0 Å². The number of urea groups is 1. The Bertz CT molecular complexity index is 2320. The molecular formula is C47H63N9O13. The Labute approximate surface area is 399 Å². The normalized spacial score (nSPS) is 26.8. The van der Waals surface area contributed by atoms with Crippen LogP contribution in [0.25, 0.3) is 0 Å². The molecule has 22 heteroatoms. The van der Waals surface area contributed by atoms with E-state index in [9.17, 15) is 53.7 Å². The van der Waals surface area contributed by atoms with Crippen molar-refractivity contribution in [1.29, 1.82) is 0 Å². The molecular weight excluding hydrogens is 899 g/mol. The highest BCUT2D eigenvalue weighted by Crippen LogP contribution is 2.33. The van der Waals surface area contributed by atoms with Crippen molar-refractivity contribution in [3.63, 3.8) is 0 Å². The van der Waals surface area contributed by atoms with Crippen molar-refractivity contribution < 1.29 is 63.2 Å². The number of phenolic OH excluding ortho intramolecular Hbond substituents is 2. The number of anilines is 1. The number of carbonyl (C=O) groups is 9. The molecule has 69 heavy (non-hydrogen) atoms. The Hall–Kier alpha value is -7.23. The molecule has 3 aliphatic heterocycles. The first-order valence-corrected chi connectivity index (χ1v) is 22.9. The Morgan fingerprint density at radius 3 is 2.20 bits per heavy atom. The van der Waals surface area contributed by atoms with Crippen molar-refractivity contribution in [3.8, 4) is 11.5 Å². The highest BCUT2D eigenvalue weighted by Gasteiger charge is 2.45. The molecule has 22 nitrogen and oxygen atoms in total. The van der Waals surface area contributed by atoms with Crippen molar-refractivity contribution >= 4 is 59.0 Å². The molecule has 0 radical (unpaired) electrons. The van der Waals surface area contributed by atoms with Crippen LogP contribution >= 0.6 is 0 Å². The monoisotopic (exact) mass is 961 g/mol. The fraction of sp³-hybridized carbons (Fsp3) is 0.511. The lowest BCUT2D eigenvalue weighted by Crippen LogP contribution is -2.64. The minimum absolute atomic E-state index is 0.0172. The van der Waals surface area contributed by atoms with Gasteiger partial charge in [-0.2, -0.15) is 0 Å². The predicted octanol–water partition coefficient (Wildman–Crippen LogP) is 0.151. The lowest BCUT2D eigenvalue weighted by atomic mass is 9.95. The second-order valence-electron chi connectivity index (χ2n) is 18.0. The Morgan fingerprint density at radius 1 is 0.870 bits per heavy atom. The van der Waals surface area contributed by atoms with Crippen molar-refractivity contribution in [2.75, 3.05) is 18.9 Å². The zero-order chi connectivity index (χ0) is 50.9. The molecule has 0 aromatic heterocycles. The van der Waals surface area contributed by atoms with Gasteiger partial charge in [0, 0.05) is 44.1 Å². The molecule has 3 heterocycles. The van der Waals surface area contributed by atoms with E-state index in [2.05, 4.69) is 37.2 Å². The van der Waals surface area contributed by atoms with Gasteiger partial charge in [0.15, 0.2) is 11.5 Å². The number of aliphatic hydroxyl groups is 1. The summed E-state index contributed by atoms with van der Waals surface area (Å²) in [7, 11) is 1.26. The number of amides is 9. The average molecular weight is 962 g/mol. The fourth-order valence-corrected chi connectivity index (χ4v) is 8.16. The van der Waals surface area contributed by atoms with Crippen LogP contribution in [0.4, 0.5) is 10.5 Å². The molecule has 10 N–H and O–H groups in total. The molecule has 2 aromatic rings. The topological polar surface area (TPSA) is 314 Å². The number of likely N-dealkylation sites (N-methyl/N-ethyl adjacent to an activating group) is 1. The average Bonchev–Trinajstić information content (AvgIpc) is 3.29. The summed E-state index contributed by atoms with van der Waals surface area (Å²) in [6, 6.07) is 0.678. The zero-order valence-corrected chi connectivity index (χ0v) is 39.7. The number of ether oxygens (including phenoxy) is 1. The van der Waals surface area contributed by atoms with Crippen molar-refractivity contribution in [3.05, 3.63) is 65.4 Å². The summed E-state index contributed by atoms with van der Waals surface area (Å²) in [6.45, 7) is 8.96. The number of allylic oxidation sites excluding steroid dienone is 1. The molecule has 0 unspecified atom stereocenters. The van der Waals surface area contributed by atoms with Crippen LogP contribution in [0.3, 0.4) is 0 Å². The van der Waals surface area contributed by atoms with Crippen molar-refractivity contribution in [2.24, 2.45) is 11.8 Å². The number of fused-ring (bicyclic) bond motifs is 10. The number of benzene rings is 2. The third kappa shape index (κ3) is 13.1. The zero-order valence-electron chi connectivity index (χ0n) is 39.7. The smallest absolute Gasteiger partial charge is 0.329 e. The fourth-order valence-electron chi connectivity index (χ4n) is 8.16. The van der Waals surface area contributed by atoms with Crippen LogP contribution in [-0.2, 0) is 55.9 Å². The molecule has 2 saturated heterocycles. The third-order valence-electron chi connectivity index (χ3n) is 12.2.